The molecule has 0 aliphatic rings. The van der Waals surface area contributed by atoms with Gasteiger partial charge in [-0.3, -0.25) is 4.79 Å². The number of pyridine rings is 1. The Morgan fingerprint density at radius 2 is 2.20 bits per heavy atom. The fraction of sp³-hybridized carbons (Fsp3) is 0.105. The number of aromatic carboxylic acids is 1. The molecule has 0 bridgehead atoms. The van der Waals surface area contributed by atoms with Crippen LogP contribution in [0.4, 0.5) is 4.39 Å². The lowest BCUT2D eigenvalue weighted by Crippen LogP contribution is -2.20. The Bertz CT molecular complexity index is 1360. The minimum Gasteiger partial charge on any atom is -0.477 e. The molecule has 1 aromatic carbocycles. The number of halogens is 2. The van der Waals surface area contributed by atoms with E-state index < -0.39 is 22.8 Å². The summed E-state index contributed by atoms with van der Waals surface area (Å²) in [5.74, 6) is -1.32. The van der Waals surface area contributed by atoms with Gasteiger partial charge in [0.2, 0.25) is 5.43 Å². The van der Waals surface area contributed by atoms with E-state index in [2.05, 4.69) is 15.3 Å². The first-order chi connectivity index (χ1) is 14.3. The SMILES string of the molecule is Cc1nnc(Cn2cc(C(=O)O)c(=O)c3cc(F)c(Cl)cc32)n1/N=C/c1cccs1. The van der Waals surface area contributed by atoms with Crippen LogP contribution in [0, 0.1) is 12.7 Å². The fourth-order valence-corrected chi connectivity index (χ4v) is 3.69. The number of aryl methyl sites for hydroxylation is 1. The Morgan fingerprint density at radius 3 is 2.90 bits per heavy atom. The molecule has 0 fully saturated rings. The molecule has 0 atom stereocenters. The number of nitrogens with zero attached hydrogens (tertiary/aromatic N) is 5. The van der Waals surface area contributed by atoms with Gasteiger partial charge in [0.05, 0.1) is 23.3 Å². The van der Waals surface area contributed by atoms with Crippen molar-refractivity contribution in [1.29, 1.82) is 0 Å². The van der Waals surface area contributed by atoms with Crippen LogP contribution in [0.3, 0.4) is 0 Å². The number of hydrogen-bond acceptors (Lipinski definition) is 6. The molecule has 0 saturated carbocycles. The van der Waals surface area contributed by atoms with E-state index in [0.717, 1.165) is 10.9 Å². The lowest BCUT2D eigenvalue weighted by atomic mass is 10.1. The first kappa shape index (κ1) is 19.9. The maximum absolute atomic E-state index is 14.0. The maximum atomic E-state index is 14.0. The van der Waals surface area contributed by atoms with Crippen molar-refractivity contribution >= 4 is 46.0 Å². The van der Waals surface area contributed by atoms with E-state index in [1.807, 2.05) is 17.5 Å². The number of carboxylic acids is 1. The van der Waals surface area contributed by atoms with E-state index in [1.54, 1.807) is 13.1 Å². The van der Waals surface area contributed by atoms with Crippen molar-refractivity contribution in [2.45, 2.75) is 13.5 Å². The molecule has 152 valence electrons. The highest BCUT2D eigenvalue weighted by atomic mass is 35.5. The monoisotopic (exact) mass is 445 g/mol. The van der Waals surface area contributed by atoms with Crippen molar-refractivity contribution in [2.24, 2.45) is 5.10 Å². The number of hydrogen-bond donors (Lipinski definition) is 1. The molecule has 1 N–H and O–H groups in total. The molecule has 3 aromatic heterocycles. The summed E-state index contributed by atoms with van der Waals surface area (Å²) in [6, 6.07) is 6.02. The molecule has 4 rings (SSSR count). The quantitative estimate of drug-likeness (QED) is 0.474. The molecule has 0 aliphatic carbocycles. The van der Waals surface area contributed by atoms with Gasteiger partial charge in [0.1, 0.15) is 11.4 Å². The van der Waals surface area contributed by atoms with Crippen molar-refractivity contribution in [3.8, 4) is 0 Å². The third-order valence-electron chi connectivity index (χ3n) is 4.37. The minimum absolute atomic E-state index is 0.0294. The van der Waals surface area contributed by atoms with Crippen LogP contribution < -0.4 is 5.43 Å². The Hall–Kier alpha value is -3.37. The smallest absolute Gasteiger partial charge is 0.341 e. The van der Waals surface area contributed by atoms with E-state index in [4.69, 9.17) is 11.6 Å². The second-order valence-electron chi connectivity index (χ2n) is 6.32. The number of carboxylic acid groups (broad SMARTS) is 1. The van der Waals surface area contributed by atoms with Crippen LogP contribution in [0.1, 0.15) is 26.9 Å². The topological polar surface area (TPSA) is 102 Å². The number of carbonyl (C=O) groups is 1. The fourth-order valence-electron chi connectivity index (χ4n) is 2.95. The van der Waals surface area contributed by atoms with Crippen LogP contribution in [-0.4, -0.2) is 36.7 Å². The summed E-state index contributed by atoms with van der Waals surface area (Å²) in [5, 5.41) is 23.6. The van der Waals surface area contributed by atoms with E-state index in [-0.39, 0.29) is 22.5 Å². The number of aromatic nitrogens is 4. The van der Waals surface area contributed by atoms with Gasteiger partial charge in [0, 0.05) is 16.5 Å². The lowest BCUT2D eigenvalue weighted by Gasteiger charge is -2.12. The van der Waals surface area contributed by atoms with Crippen molar-refractivity contribution in [2.75, 3.05) is 0 Å². The molecule has 8 nitrogen and oxygen atoms in total. The van der Waals surface area contributed by atoms with E-state index in [1.165, 1.54) is 32.8 Å². The highest BCUT2D eigenvalue weighted by molar-refractivity contribution is 7.11. The normalized spacial score (nSPS) is 11.6. The van der Waals surface area contributed by atoms with Crippen LogP contribution in [0.2, 0.25) is 5.02 Å². The van der Waals surface area contributed by atoms with Crippen LogP contribution in [0.15, 0.2) is 45.7 Å². The van der Waals surface area contributed by atoms with Crippen LogP contribution in [0.5, 0.6) is 0 Å². The zero-order chi connectivity index (χ0) is 21.4. The van der Waals surface area contributed by atoms with Crippen molar-refractivity contribution in [1.82, 2.24) is 19.4 Å². The highest BCUT2D eigenvalue weighted by Crippen LogP contribution is 2.22. The first-order valence-electron chi connectivity index (χ1n) is 8.59. The van der Waals surface area contributed by atoms with Gasteiger partial charge in [-0.25, -0.2) is 9.18 Å². The molecule has 0 spiro atoms. The van der Waals surface area contributed by atoms with Crippen LogP contribution in [-0.2, 0) is 6.54 Å². The predicted octanol–water partition coefficient (Wildman–Crippen LogP) is 3.38. The Labute approximate surface area is 177 Å². The van der Waals surface area contributed by atoms with Crippen LogP contribution in [0.25, 0.3) is 10.9 Å². The number of fused-ring (bicyclic) bond motifs is 1. The summed E-state index contributed by atoms with van der Waals surface area (Å²) in [7, 11) is 0. The van der Waals surface area contributed by atoms with Crippen molar-refractivity contribution in [3.05, 3.63) is 79.0 Å². The summed E-state index contributed by atoms with van der Waals surface area (Å²) in [4.78, 5) is 25.0. The zero-order valence-corrected chi connectivity index (χ0v) is 17.0. The molecule has 0 saturated heterocycles. The van der Waals surface area contributed by atoms with Gasteiger partial charge in [-0.05, 0) is 30.5 Å². The standard InChI is InChI=1S/C19H13ClFN5O3S/c1-10-23-24-17(26(10)22-7-11-3-2-4-30-11)9-25-8-13(19(28)29)18(27)12-5-15(21)14(20)6-16(12)25/h2-8H,9H2,1H3,(H,28,29)/b22-7+. The third-order valence-corrected chi connectivity index (χ3v) is 5.47. The average Bonchev–Trinajstić information content (AvgIpc) is 3.34. The van der Waals surface area contributed by atoms with E-state index in [9.17, 15) is 19.1 Å². The molecule has 30 heavy (non-hydrogen) atoms. The first-order valence-corrected chi connectivity index (χ1v) is 9.85. The number of benzene rings is 1. The van der Waals surface area contributed by atoms with Gasteiger partial charge in [0.25, 0.3) is 0 Å². The molecule has 11 heteroatoms. The van der Waals surface area contributed by atoms with Gasteiger partial charge in [0.15, 0.2) is 11.6 Å². The zero-order valence-electron chi connectivity index (χ0n) is 15.4. The van der Waals surface area contributed by atoms with E-state index >= 15 is 0 Å². The van der Waals surface area contributed by atoms with Crippen LogP contribution >= 0.6 is 22.9 Å². The maximum Gasteiger partial charge on any atom is 0.341 e. The molecule has 0 unspecified atom stereocenters. The number of rotatable bonds is 5. The lowest BCUT2D eigenvalue weighted by molar-refractivity contribution is 0.0695. The molecular formula is C19H13ClFN5O3S. The largest absolute Gasteiger partial charge is 0.477 e. The molecule has 3 heterocycles. The predicted molar refractivity (Wildman–Crippen MR) is 111 cm³/mol. The van der Waals surface area contributed by atoms with Gasteiger partial charge in [-0.1, -0.05) is 17.7 Å². The highest BCUT2D eigenvalue weighted by Gasteiger charge is 2.18. The minimum atomic E-state index is -1.42. The molecule has 0 radical (unpaired) electrons. The Balaban J connectivity index is 1.85. The average molecular weight is 446 g/mol. The van der Waals surface area contributed by atoms with E-state index in [0.29, 0.717) is 11.6 Å². The Kier molecular flexibility index (Phi) is 5.18. The van der Waals surface area contributed by atoms with Gasteiger partial charge >= 0.3 is 5.97 Å². The van der Waals surface area contributed by atoms with Crippen molar-refractivity contribution < 1.29 is 14.3 Å². The second-order valence-corrected chi connectivity index (χ2v) is 7.71. The number of thiophene rings is 1. The molecule has 0 aliphatic heterocycles. The summed E-state index contributed by atoms with van der Waals surface area (Å²) >= 11 is 7.41. The van der Waals surface area contributed by atoms with Crippen molar-refractivity contribution in [3.63, 3.8) is 0 Å². The van der Waals surface area contributed by atoms with Gasteiger partial charge < -0.3 is 9.67 Å². The van der Waals surface area contributed by atoms with Gasteiger partial charge in [-0.15, -0.1) is 21.5 Å². The summed E-state index contributed by atoms with van der Waals surface area (Å²) < 4.78 is 16.9. The van der Waals surface area contributed by atoms with Gasteiger partial charge in [-0.2, -0.15) is 9.78 Å². The summed E-state index contributed by atoms with van der Waals surface area (Å²) in [6.45, 7) is 1.75. The summed E-state index contributed by atoms with van der Waals surface area (Å²) in [6.07, 6.45) is 2.83. The summed E-state index contributed by atoms with van der Waals surface area (Å²) in [5.41, 5.74) is -1.02. The Morgan fingerprint density at radius 1 is 1.40 bits per heavy atom. The molecular weight excluding hydrogens is 433 g/mol. The molecule has 4 aromatic rings. The third kappa shape index (κ3) is 3.62. The second kappa shape index (κ2) is 7.81. The molecule has 0 amide bonds.